The van der Waals surface area contributed by atoms with Gasteiger partial charge in [-0.25, -0.2) is 9.69 Å². The van der Waals surface area contributed by atoms with Gasteiger partial charge in [0.05, 0.1) is 23.1 Å². The van der Waals surface area contributed by atoms with Crippen molar-refractivity contribution in [2.24, 2.45) is 23.7 Å². The van der Waals surface area contributed by atoms with Crippen LogP contribution in [-0.2, 0) is 9.59 Å². The molecule has 2 aromatic carbocycles. The van der Waals surface area contributed by atoms with E-state index in [4.69, 9.17) is 4.74 Å². The second kappa shape index (κ2) is 5.91. The zero-order valence-corrected chi connectivity index (χ0v) is 14.4. The molecule has 1 saturated heterocycles. The van der Waals surface area contributed by atoms with Gasteiger partial charge in [-0.15, -0.1) is 0 Å². The number of nitrogens with zero attached hydrogens (tertiary/aromatic N) is 1. The van der Waals surface area contributed by atoms with Gasteiger partial charge >= 0.3 is 5.97 Å². The van der Waals surface area contributed by atoms with Crippen molar-refractivity contribution in [3.63, 3.8) is 0 Å². The molecule has 2 bridgehead atoms. The van der Waals surface area contributed by atoms with Crippen LogP contribution in [0, 0.1) is 23.7 Å². The molecule has 2 amide bonds. The van der Waals surface area contributed by atoms with E-state index >= 15 is 0 Å². The summed E-state index contributed by atoms with van der Waals surface area (Å²) in [4.78, 5) is 39.7. The number of carbonyl (C=O) groups excluding carboxylic acids is 3. The van der Waals surface area contributed by atoms with Crippen LogP contribution >= 0.6 is 0 Å². The first-order chi connectivity index (χ1) is 13.1. The Morgan fingerprint density at radius 1 is 0.852 bits per heavy atom. The lowest BCUT2D eigenvalue weighted by Crippen LogP contribution is -2.33. The number of rotatable bonds is 3. The van der Waals surface area contributed by atoms with Crippen LogP contribution in [0.3, 0.4) is 0 Å². The minimum Gasteiger partial charge on any atom is -0.421 e. The third-order valence-electron chi connectivity index (χ3n) is 5.79. The van der Waals surface area contributed by atoms with Gasteiger partial charge in [-0.1, -0.05) is 42.5 Å². The van der Waals surface area contributed by atoms with Gasteiger partial charge in [-0.05, 0) is 42.5 Å². The molecule has 2 fully saturated rings. The first-order valence-corrected chi connectivity index (χ1v) is 9.07. The highest BCUT2D eigenvalue weighted by molar-refractivity contribution is 6.23. The van der Waals surface area contributed by atoms with E-state index in [9.17, 15) is 14.4 Å². The highest BCUT2D eigenvalue weighted by Crippen LogP contribution is 2.53. The molecule has 2 aromatic rings. The van der Waals surface area contributed by atoms with Gasteiger partial charge in [0, 0.05) is 0 Å². The van der Waals surface area contributed by atoms with E-state index in [1.807, 2.05) is 6.07 Å². The molecule has 1 aliphatic heterocycles. The first-order valence-electron chi connectivity index (χ1n) is 9.07. The molecule has 5 rings (SSSR count). The number of carbonyl (C=O) groups is 3. The predicted octanol–water partition coefficient (Wildman–Crippen LogP) is 3.22. The number of ether oxygens (including phenoxy) is 1. The number of allylic oxidation sites excluding steroid dienone is 2. The highest BCUT2D eigenvalue weighted by atomic mass is 16.5. The standard InChI is InChI=1S/C22H17NO4/c24-20-18-14-10-11-15(12-14)19(18)21(25)23(20)16-8-4-5-9-17(16)27-22(26)13-6-2-1-3-7-13/h1-11,14-15,18-19H,12H2/t14-,15-,18-,19-/m0/s1. The summed E-state index contributed by atoms with van der Waals surface area (Å²) < 4.78 is 5.53. The number of imide groups is 1. The van der Waals surface area contributed by atoms with Crippen molar-refractivity contribution in [2.75, 3.05) is 4.90 Å². The molecule has 27 heavy (non-hydrogen) atoms. The fourth-order valence-electron chi connectivity index (χ4n) is 4.60. The molecule has 0 spiro atoms. The third-order valence-corrected chi connectivity index (χ3v) is 5.79. The highest BCUT2D eigenvalue weighted by Gasteiger charge is 2.59. The Hall–Kier alpha value is -3.21. The molecule has 1 saturated carbocycles. The van der Waals surface area contributed by atoms with Crippen LogP contribution in [0.4, 0.5) is 5.69 Å². The number of hydrogen-bond donors (Lipinski definition) is 0. The summed E-state index contributed by atoms with van der Waals surface area (Å²) >= 11 is 0. The van der Waals surface area contributed by atoms with E-state index in [-0.39, 0.29) is 41.2 Å². The van der Waals surface area contributed by atoms with Crippen molar-refractivity contribution in [3.05, 3.63) is 72.3 Å². The van der Waals surface area contributed by atoms with E-state index in [2.05, 4.69) is 12.2 Å². The fraction of sp³-hybridized carbons (Fsp3) is 0.227. The van der Waals surface area contributed by atoms with Crippen molar-refractivity contribution in [2.45, 2.75) is 6.42 Å². The number of amides is 2. The summed E-state index contributed by atoms with van der Waals surface area (Å²) in [6.45, 7) is 0. The molecule has 0 aromatic heterocycles. The lowest BCUT2D eigenvalue weighted by molar-refractivity contribution is -0.123. The molecule has 0 unspecified atom stereocenters. The quantitative estimate of drug-likeness (QED) is 0.365. The van der Waals surface area contributed by atoms with Gasteiger partial charge in [-0.3, -0.25) is 9.59 Å². The Balaban J connectivity index is 1.48. The zero-order chi connectivity index (χ0) is 18.5. The maximum atomic E-state index is 13.0. The lowest BCUT2D eigenvalue weighted by Gasteiger charge is -2.20. The molecule has 2 aliphatic carbocycles. The van der Waals surface area contributed by atoms with Crippen LogP contribution in [0.1, 0.15) is 16.8 Å². The Morgan fingerprint density at radius 2 is 1.44 bits per heavy atom. The van der Waals surface area contributed by atoms with Gasteiger partial charge < -0.3 is 4.74 Å². The number of hydrogen-bond acceptors (Lipinski definition) is 4. The summed E-state index contributed by atoms with van der Waals surface area (Å²) in [5.74, 6) is -0.982. The number of fused-ring (bicyclic) bond motifs is 5. The molecule has 5 nitrogen and oxygen atoms in total. The van der Waals surface area contributed by atoms with Crippen LogP contribution < -0.4 is 9.64 Å². The SMILES string of the molecule is O=C(Oc1ccccc1N1C(=O)[C@@H]2[C@@H](C1=O)[C@H]1C=C[C@H]2C1)c1ccccc1. The number of anilines is 1. The Labute approximate surface area is 156 Å². The van der Waals surface area contributed by atoms with Crippen molar-refractivity contribution in [3.8, 4) is 5.75 Å². The zero-order valence-electron chi connectivity index (χ0n) is 14.4. The number of benzene rings is 2. The van der Waals surface area contributed by atoms with Crippen molar-refractivity contribution >= 4 is 23.5 Å². The van der Waals surface area contributed by atoms with E-state index in [1.54, 1.807) is 48.5 Å². The minimum absolute atomic E-state index is 0.139. The summed E-state index contributed by atoms with van der Waals surface area (Å²) in [6, 6.07) is 15.3. The van der Waals surface area contributed by atoms with E-state index in [1.165, 1.54) is 4.90 Å². The summed E-state index contributed by atoms with van der Waals surface area (Å²) in [5.41, 5.74) is 0.746. The third kappa shape index (κ3) is 2.35. The predicted molar refractivity (Wildman–Crippen MR) is 98.1 cm³/mol. The molecular formula is C22H17NO4. The lowest BCUT2D eigenvalue weighted by atomic mass is 9.85. The second-order valence-corrected chi connectivity index (χ2v) is 7.24. The molecule has 4 atom stereocenters. The van der Waals surface area contributed by atoms with Crippen LogP contribution in [-0.4, -0.2) is 17.8 Å². The van der Waals surface area contributed by atoms with E-state index in [0.717, 1.165) is 6.42 Å². The molecule has 1 heterocycles. The second-order valence-electron chi connectivity index (χ2n) is 7.24. The molecule has 0 radical (unpaired) electrons. The van der Waals surface area contributed by atoms with Crippen LogP contribution in [0.25, 0.3) is 0 Å². The average molecular weight is 359 g/mol. The fourth-order valence-corrected chi connectivity index (χ4v) is 4.60. The molecule has 0 N–H and O–H groups in total. The molecule has 5 heteroatoms. The van der Waals surface area contributed by atoms with Gasteiger partial charge in [0.2, 0.25) is 11.8 Å². The first kappa shape index (κ1) is 16.0. The van der Waals surface area contributed by atoms with E-state index in [0.29, 0.717) is 11.3 Å². The summed E-state index contributed by atoms with van der Waals surface area (Å²) in [6.07, 6.45) is 5.00. The molecular weight excluding hydrogens is 342 g/mol. The molecule has 134 valence electrons. The van der Waals surface area contributed by atoms with Gasteiger partial charge in [0.15, 0.2) is 5.75 Å². The Kier molecular flexibility index (Phi) is 3.50. The van der Waals surface area contributed by atoms with Crippen LogP contribution in [0.15, 0.2) is 66.7 Å². The molecule has 3 aliphatic rings. The summed E-state index contributed by atoms with van der Waals surface area (Å²) in [5, 5.41) is 0. The summed E-state index contributed by atoms with van der Waals surface area (Å²) in [7, 11) is 0. The topological polar surface area (TPSA) is 63.7 Å². The Morgan fingerprint density at radius 3 is 2.11 bits per heavy atom. The monoisotopic (exact) mass is 359 g/mol. The van der Waals surface area contributed by atoms with Gasteiger partial charge in [0.25, 0.3) is 0 Å². The van der Waals surface area contributed by atoms with Crippen LogP contribution in [0.5, 0.6) is 5.75 Å². The number of esters is 1. The Bertz CT molecular complexity index is 951. The largest absolute Gasteiger partial charge is 0.421 e. The number of para-hydroxylation sites is 2. The van der Waals surface area contributed by atoms with E-state index < -0.39 is 5.97 Å². The van der Waals surface area contributed by atoms with Crippen molar-refractivity contribution < 1.29 is 19.1 Å². The van der Waals surface area contributed by atoms with Crippen LogP contribution in [0.2, 0.25) is 0 Å². The minimum atomic E-state index is -0.524. The maximum absolute atomic E-state index is 13.0. The van der Waals surface area contributed by atoms with Gasteiger partial charge in [-0.2, -0.15) is 0 Å². The van der Waals surface area contributed by atoms with Crippen molar-refractivity contribution in [1.29, 1.82) is 0 Å². The van der Waals surface area contributed by atoms with Crippen molar-refractivity contribution in [1.82, 2.24) is 0 Å². The maximum Gasteiger partial charge on any atom is 0.343 e. The smallest absolute Gasteiger partial charge is 0.343 e. The average Bonchev–Trinajstić information content (AvgIpc) is 3.37. The van der Waals surface area contributed by atoms with Gasteiger partial charge in [0.1, 0.15) is 0 Å². The normalized spacial score (nSPS) is 27.9.